The minimum Gasteiger partial charge on any atom is -0.403 e. The van der Waals surface area contributed by atoms with Crippen molar-refractivity contribution >= 4 is 51.7 Å². The molecule has 0 bridgehead atoms. The van der Waals surface area contributed by atoms with Gasteiger partial charge in [-0.3, -0.25) is 4.79 Å². The van der Waals surface area contributed by atoms with Crippen molar-refractivity contribution in [2.24, 2.45) is 15.1 Å². The number of rotatable bonds is 2. The highest BCUT2D eigenvalue weighted by atomic mass is 35.5. The van der Waals surface area contributed by atoms with Crippen LogP contribution in [0.1, 0.15) is 5.56 Å². The Kier molecular flexibility index (Phi) is 3.51. The van der Waals surface area contributed by atoms with Gasteiger partial charge in [0.15, 0.2) is 0 Å². The molecule has 27 heavy (non-hydrogen) atoms. The molecule has 0 atom stereocenters. The Labute approximate surface area is 159 Å². The number of nitrogens with zero attached hydrogens (tertiary/aromatic N) is 4. The highest BCUT2D eigenvalue weighted by molar-refractivity contribution is 6.47. The van der Waals surface area contributed by atoms with Crippen molar-refractivity contribution in [2.45, 2.75) is 0 Å². The first-order valence-electron chi connectivity index (χ1n) is 8.21. The van der Waals surface area contributed by atoms with Gasteiger partial charge in [-0.15, -0.1) is 5.10 Å². The van der Waals surface area contributed by atoms with Crippen LogP contribution in [0.4, 0.5) is 5.69 Å². The number of carbonyl (C=O) groups is 1. The number of amidine groups is 2. The molecule has 130 valence electrons. The third-order valence-corrected chi connectivity index (χ3v) is 4.49. The van der Waals surface area contributed by atoms with E-state index in [0.717, 1.165) is 16.3 Å². The lowest BCUT2D eigenvalue weighted by Gasteiger charge is -2.06. The molecule has 0 saturated carbocycles. The van der Waals surface area contributed by atoms with Crippen LogP contribution in [0.2, 0.25) is 5.02 Å². The van der Waals surface area contributed by atoms with E-state index in [0.29, 0.717) is 16.6 Å². The minimum atomic E-state index is -0.489. The van der Waals surface area contributed by atoms with Gasteiger partial charge >= 0.3 is 11.9 Å². The molecule has 0 aromatic heterocycles. The van der Waals surface area contributed by atoms with E-state index in [2.05, 4.69) is 15.1 Å². The fourth-order valence-electron chi connectivity index (χ4n) is 2.94. The smallest absolute Gasteiger partial charge is 0.330 e. The van der Waals surface area contributed by atoms with Crippen LogP contribution in [0, 0.1) is 0 Å². The fourth-order valence-corrected chi connectivity index (χ4v) is 3.07. The molecule has 1 amide bonds. The molecule has 7 heteroatoms. The summed E-state index contributed by atoms with van der Waals surface area (Å²) in [6.07, 6.45) is 0. The van der Waals surface area contributed by atoms with Crippen LogP contribution >= 0.6 is 11.6 Å². The molecule has 3 aromatic carbocycles. The molecule has 2 aliphatic rings. The molecule has 0 spiro atoms. The van der Waals surface area contributed by atoms with Gasteiger partial charge in [-0.1, -0.05) is 48.0 Å². The molecular weight excluding hydrogens is 364 g/mol. The van der Waals surface area contributed by atoms with E-state index in [4.69, 9.17) is 16.3 Å². The van der Waals surface area contributed by atoms with Crippen LogP contribution in [0.3, 0.4) is 0 Å². The maximum Gasteiger partial charge on any atom is 0.330 e. The van der Waals surface area contributed by atoms with Crippen molar-refractivity contribution in [1.29, 1.82) is 0 Å². The van der Waals surface area contributed by atoms with Gasteiger partial charge in [0, 0.05) is 16.0 Å². The van der Waals surface area contributed by atoms with E-state index in [1.54, 1.807) is 24.3 Å². The summed E-state index contributed by atoms with van der Waals surface area (Å²) in [6.45, 7) is 0. The number of hydrazone groups is 1. The Morgan fingerprint density at radius 1 is 0.963 bits per heavy atom. The number of hydrogen-bond acceptors (Lipinski definition) is 4. The highest BCUT2D eigenvalue weighted by Gasteiger charge is 2.39. The number of aliphatic imine (C=N–C) groups is 2. The van der Waals surface area contributed by atoms with Gasteiger partial charge < -0.3 is 4.74 Å². The number of halogens is 1. The van der Waals surface area contributed by atoms with Crippen molar-refractivity contribution in [3.8, 4) is 0 Å². The Morgan fingerprint density at radius 3 is 2.59 bits per heavy atom. The molecule has 0 unspecified atom stereocenters. The third-order valence-electron chi connectivity index (χ3n) is 4.23. The van der Waals surface area contributed by atoms with Crippen LogP contribution in [-0.4, -0.2) is 28.7 Å². The number of fused-ring (bicyclic) bond motifs is 2. The maximum atomic E-state index is 12.3. The molecule has 0 aliphatic carbocycles. The number of hydrogen-bond donors (Lipinski definition) is 0. The summed E-state index contributed by atoms with van der Waals surface area (Å²) in [7, 11) is 0. The molecule has 0 fully saturated rings. The quantitative estimate of drug-likeness (QED) is 0.677. The molecule has 0 saturated heterocycles. The summed E-state index contributed by atoms with van der Waals surface area (Å²) in [4.78, 5) is 20.7. The third kappa shape index (κ3) is 2.67. The van der Waals surface area contributed by atoms with E-state index >= 15 is 0 Å². The minimum absolute atomic E-state index is 0.101. The first-order chi connectivity index (χ1) is 13.2. The predicted molar refractivity (Wildman–Crippen MR) is 104 cm³/mol. The summed E-state index contributed by atoms with van der Waals surface area (Å²) < 4.78 is 5.62. The topological polar surface area (TPSA) is 66.6 Å². The summed E-state index contributed by atoms with van der Waals surface area (Å²) in [5.41, 5.74) is 1.40. The molecule has 3 aromatic rings. The second-order valence-electron chi connectivity index (χ2n) is 5.96. The average molecular weight is 375 g/mol. The lowest BCUT2D eigenvalue weighted by molar-refractivity contribution is -0.111. The molecular formula is C20H11ClN4O2. The second kappa shape index (κ2) is 6.03. The zero-order chi connectivity index (χ0) is 18.4. The van der Waals surface area contributed by atoms with Crippen molar-refractivity contribution in [2.75, 3.05) is 0 Å². The number of benzene rings is 3. The zero-order valence-corrected chi connectivity index (χ0v) is 14.6. The first kappa shape index (κ1) is 15.7. The van der Waals surface area contributed by atoms with Gasteiger partial charge in [-0.05, 0) is 35.7 Å². The number of amides is 1. The largest absolute Gasteiger partial charge is 0.403 e. The van der Waals surface area contributed by atoms with Crippen LogP contribution in [0.25, 0.3) is 10.8 Å². The predicted octanol–water partition coefficient (Wildman–Crippen LogP) is 4.11. The molecule has 5 rings (SSSR count). The van der Waals surface area contributed by atoms with Crippen LogP contribution in [0.5, 0.6) is 0 Å². The van der Waals surface area contributed by atoms with E-state index in [-0.39, 0.29) is 11.9 Å². The van der Waals surface area contributed by atoms with Gasteiger partial charge in [0.1, 0.15) is 0 Å². The van der Waals surface area contributed by atoms with Crippen LogP contribution < -0.4 is 0 Å². The number of carbonyl (C=O) groups excluding carboxylic acids is 1. The van der Waals surface area contributed by atoms with Gasteiger partial charge in [-0.25, -0.2) is 4.99 Å². The van der Waals surface area contributed by atoms with E-state index in [1.807, 2.05) is 42.5 Å². The molecule has 0 radical (unpaired) electrons. The summed E-state index contributed by atoms with van der Waals surface area (Å²) in [6, 6.07) is 20.7. The summed E-state index contributed by atoms with van der Waals surface area (Å²) >= 11 is 5.92. The lowest BCUT2D eigenvalue weighted by Crippen LogP contribution is -2.26. The first-order valence-corrected chi connectivity index (χ1v) is 8.59. The monoisotopic (exact) mass is 374 g/mol. The Morgan fingerprint density at radius 2 is 1.74 bits per heavy atom. The van der Waals surface area contributed by atoms with Crippen LogP contribution in [0.15, 0.2) is 81.8 Å². The average Bonchev–Trinajstić information content (AvgIpc) is 3.21. The molecule has 6 nitrogen and oxygen atoms in total. The van der Waals surface area contributed by atoms with Crippen molar-refractivity contribution in [3.05, 3.63) is 77.3 Å². The standard InChI is InChI=1S/C20H11ClN4O2/c21-14-10-8-13(9-11-14)19-24-25-17(18(26)23-20(25)27-19)22-16-7-3-5-12-4-1-2-6-15(12)16/h1-11H. The summed E-state index contributed by atoms with van der Waals surface area (Å²) in [5.74, 6) is -0.0503. The molecule has 2 heterocycles. The fraction of sp³-hybridized carbons (Fsp3) is 0. The van der Waals surface area contributed by atoms with Gasteiger partial charge in [-0.2, -0.15) is 10.0 Å². The Bertz CT molecular complexity index is 1180. The van der Waals surface area contributed by atoms with Crippen molar-refractivity contribution < 1.29 is 9.53 Å². The second-order valence-corrected chi connectivity index (χ2v) is 6.40. The van der Waals surface area contributed by atoms with Gasteiger partial charge in [0.05, 0.1) is 5.69 Å². The van der Waals surface area contributed by atoms with Crippen LogP contribution in [-0.2, 0) is 9.53 Å². The van der Waals surface area contributed by atoms with E-state index < -0.39 is 5.91 Å². The van der Waals surface area contributed by atoms with Crippen molar-refractivity contribution in [1.82, 2.24) is 5.01 Å². The van der Waals surface area contributed by atoms with E-state index in [1.165, 1.54) is 5.01 Å². The highest BCUT2D eigenvalue weighted by Crippen LogP contribution is 2.28. The van der Waals surface area contributed by atoms with Gasteiger partial charge in [0.2, 0.25) is 11.7 Å². The van der Waals surface area contributed by atoms with Gasteiger partial charge in [0.25, 0.3) is 0 Å². The maximum absolute atomic E-state index is 12.3. The van der Waals surface area contributed by atoms with E-state index in [9.17, 15) is 4.79 Å². The van der Waals surface area contributed by atoms with Crippen molar-refractivity contribution in [3.63, 3.8) is 0 Å². The normalized spacial score (nSPS) is 17.1. The zero-order valence-electron chi connectivity index (χ0n) is 13.8. The number of ether oxygens (including phenoxy) is 1. The summed E-state index contributed by atoms with van der Waals surface area (Å²) in [5, 5.41) is 8.28. The molecule has 0 N–H and O–H groups in total. The Balaban J connectivity index is 1.56. The Hall–Kier alpha value is -3.51. The molecule has 2 aliphatic heterocycles. The lowest BCUT2D eigenvalue weighted by atomic mass is 10.1. The SMILES string of the molecule is O=C1N=C2OC(c3ccc(Cl)cc3)=NN2C1=Nc1cccc2ccccc12.